The maximum Gasteiger partial charge on any atom is 0.255 e. The van der Waals surface area contributed by atoms with Crippen LogP contribution in [0, 0.1) is 6.92 Å². The molecule has 0 radical (unpaired) electrons. The van der Waals surface area contributed by atoms with E-state index < -0.39 is 10.0 Å². The molecule has 1 amide bonds. The fraction of sp³-hybridized carbons (Fsp3) is 0.458. The van der Waals surface area contributed by atoms with E-state index in [4.69, 9.17) is 11.6 Å². The second kappa shape index (κ2) is 9.81. The monoisotopic (exact) mass is 475 g/mol. The van der Waals surface area contributed by atoms with Crippen LogP contribution in [-0.4, -0.2) is 44.8 Å². The minimum atomic E-state index is -3.69. The lowest BCUT2D eigenvalue weighted by Gasteiger charge is -2.33. The van der Waals surface area contributed by atoms with Crippen LogP contribution < -0.4 is 10.2 Å². The van der Waals surface area contributed by atoms with Gasteiger partial charge >= 0.3 is 0 Å². The summed E-state index contributed by atoms with van der Waals surface area (Å²) >= 11 is 6.18. The van der Waals surface area contributed by atoms with Gasteiger partial charge in [0.1, 0.15) is 4.90 Å². The average molecular weight is 476 g/mol. The second-order valence-electron chi connectivity index (χ2n) is 8.61. The summed E-state index contributed by atoms with van der Waals surface area (Å²) in [6.07, 6.45) is 6.02. The smallest absolute Gasteiger partial charge is 0.255 e. The molecule has 4 rings (SSSR count). The van der Waals surface area contributed by atoms with Crippen LogP contribution in [0.3, 0.4) is 0 Å². The van der Waals surface area contributed by atoms with Crippen molar-refractivity contribution in [3.63, 3.8) is 0 Å². The zero-order chi connectivity index (χ0) is 22.7. The Bertz CT molecular complexity index is 1090. The number of nitrogens with zero attached hydrogens (tertiary/aromatic N) is 2. The van der Waals surface area contributed by atoms with Crippen LogP contribution in [-0.2, 0) is 10.0 Å². The van der Waals surface area contributed by atoms with Crippen molar-refractivity contribution < 1.29 is 13.2 Å². The summed E-state index contributed by atoms with van der Waals surface area (Å²) in [5.74, 6) is -0.356. The van der Waals surface area contributed by atoms with Crippen molar-refractivity contribution in [3.05, 3.63) is 52.5 Å². The van der Waals surface area contributed by atoms with E-state index in [9.17, 15) is 13.2 Å². The third kappa shape index (κ3) is 4.95. The predicted octanol–water partition coefficient (Wildman–Crippen LogP) is 5.07. The minimum Gasteiger partial charge on any atom is -0.370 e. The van der Waals surface area contributed by atoms with E-state index in [0.29, 0.717) is 35.1 Å². The van der Waals surface area contributed by atoms with Crippen molar-refractivity contribution in [2.75, 3.05) is 36.4 Å². The Morgan fingerprint density at radius 1 is 0.906 bits per heavy atom. The molecule has 0 saturated carbocycles. The average Bonchev–Trinajstić information content (AvgIpc) is 2.82. The molecule has 2 heterocycles. The van der Waals surface area contributed by atoms with Crippen molar-refractivity contribution >= 4 is 38.9 Å². The SMILES string of the molecule is Cc1ccc(NC(=O)c2ccc(N3CCCCC3)c(S(=O)(=O)N3CCCCC3)c2)cc1Cl. The molecule has 0 aliphatic carbocycles. The first-order valence-electron chi connectivity index (χ1n) is 11.3. The van der Waals surface area contributed by atoms with E-state index in [1.165, 1.54) is 0 Å². The van der Waals surface area contributed by atoms with Crippen molar-refractivity contribution in [3.8, 4) is 0 Å². The van der Waals surface area contributed by atoms with Gasteiger partial charge in [0.15, 0.2) is 0 Å². The molecular formula is C24H30ClN3O3S. The van der Waals surface area contributed by atoms with Crippen LogP contribution >= 0.6 is 11.6 Å². The van der Waals surface area contributed by atoms with E-state index in [1.807, 2.05) is 13.0 Å². The molecule has 0 aromatic heterocycles. The van der Waals surface area contributed by atoms with Crippen LogP contribution in [0.4, 0.5) is 11.4 Å². The van der Waals surface area contributed by atoms with Crippen molar-refractivity contribution in [1.29, 1.82) is 0 Å². The molecule has 2 aromatic rings. The summed E-state index contributed by atoms with van der Waals surface area (Å²) in [5, 5.41) is 3.40. The molecule has 2 aliphatic heterocycles. The lowest BCUT2D eigenvalue weighted by atomic mass is 10.1. The molecule has 2 aromatic carbocycles. The third-order valence-electron chi connectivity index (χ3n) is 6.28. The maximum atomic E-state index is 13.6. The van der Waals surface area contributed by atoms with E-state index in [-0.39, 0.29) is 10.8 Å². The van der Waals surface area contributed by atoms with Crippen LogP contribution in [0.25, 0.3) is 0 Å². The molecule has 2 saturated heterocycles. The number of sulfonamides is 1. The van der Waals surface area contributed by atoms with Gasteiger partial charge in [-0.25, -0.2) is 8.42 Å². The van der Waals surface area contributed by atoms with Crippen LogP contribution in [0.5, 0.6) is 0 Å². The Labute approximate surface area is 195 Å². The number of nitrogens with one attached hydrogen (secondary N) is 1. The molecule has 32 heavy (non-hydrogen) atoms. The van der Waals surface area contributed by atoms with E-state index in [2.05, 4.69) is 10.2 Å². The molecule has 2 aliphatic rings. The molecule has 172 valence electrons. The number of hydrogen-bond donors (Lipinski definition) is 1. The van der Waals surface area contributed by atoms with Gasteiger partial charge < -0.3 is 10.2 Å². The fourth-order valence-electron chi connectivity index (χ4n) is 4.38. The lowest BCUT2D eigenvalue weighted by Crippen LogP contribution is -2.37. The summed E-state index contributed by atoms with van der Waals surface area (Å²) in [5.41, 5.74) is 2.51. The standard InChI is InChI=1S/C24H30ClN3O3S/c1-18-8-10-20(17-21(18)25)26-24(29)19-9-11-22(27-12-4-2-5-13-27)23(16-19)32(30,31)28-14-6-3-7-15-28/h8-11,16-17H,2-7,12-15H2,1H3,(H,26,29). The number of amides is 1. The quantitative estimate of drug-likeness (QED) is 0.655. The Hall–Kier alpha value is -2.09. The highest BCUT2D eigenvalue weighted by Crippen LogP contribution is 2.32. The van der Waals surface area contributed by atoms with Gasteiger partial charge in [-0.1, -0.05) is 24.1 Å². The van der Waals surface area contributed by atoms with Gasteiger partial charge in [-0.3, -0.25) is 4.79 Å². The number of aryl methyl sites for hydroxylation is 1. The molecular weight excluding hydrogens is 446 g/mol. The second-order valence-corrected chi connectivity index (χ2v) is 10.9. The number of benzene rings is 2. The number of rotatable bonds is 5. The summed E-state index contributed by atoms with van der Waals surface area (Å²) in [7, 11) is -3.69. The summed E-state index contributed by atoms with van der Waals surface area (Å²) in [4.78, 5) is 15.4. The maximum absolute atomic E-state index is 13.6. The molecule has 0 unspecified atom stereocenters. The first kappa shape index (κ1) is 23.1. The topological polar surface area (TPSA) is 69.7 Å². The molecule has 2 fully saturated rings. The highest BCUT2D eigenvalue weighted by molar-refractivity contribution is 7.89. The largest absolute Gasteiger partial charge is 0.370 e. The van der Waals surface area contributed by atoms with Gasteiger partial charge in [-0.2, -0.15) is 4.31 Å². The van der Waals surface area contributed by atoms with E-state index in [1.54, 1.807) is 34.6 Å². The normalized spacial score (nSPS) is 17.9. The van der Waals surface area contributed by atoms with Gasteiger partial charge in [0.2, 0.25) is 10.0 Å². The first-order valence-corrected chi connectivity index (χ1v) is 13.1. The van der Waals surface area contributed by atoms with Gasteiger partial charge in [0.25, 0.3) is 5.91 Å². The zero-order valence-electron chi connectivity index (χ0n) is 18.4. The van der Waals surface area contributed by atoms with E-state index in [0.717, 1.165) is 57.2 Å². The highest BCUT2D eigenvalue weighted by atomic mass is 35.5. The third-order valence-corrected chi connectivity index (χ3v) is 8.62. The van der Waals surface area contributed by atoms with Crippen LogP contribution in [0.1, 0.15) is 54.4 Å². The molecule has 8 heteroatoms. The molecule has 0 spiro atoms. The molecule has 0 bridgehead atoms. The Morgan fingerprint density at radius 2 is 1.56 bits per heavy atom. The highest BCUT2D eigenvalue weighted by Gasteiger charge is 2.31. The fourth-order valence-corrected chi connectivity index (χ4v) is 6.31. The number of halogens is 1. The van der Waals surface area contributed by atoms with Crippen molar-refractivity contribution in [2.24, 2.45) is 0 Å². The number of anilines is 2. The predicted molar refractivity (Wildman–Crippen MR) is 129 cm³/mol. The molecule has 6 nitrogen and oxygen atoms in total. The van der Waals surface area contributed by atoms with Crippen molar-refractivity contribution in [1.82, 2.24) is 4.31 Å². The molecule has 1 N–H and O–H groups in total. The number of carbonyl (C=O) groups excluding carboxylic acids is 1. The Balaban J connectivity index is 1.69. The Morgan fingerprint density at radius 3 is 2.22 bits per heavy atom. The van der Waals surface area contributed by atoms with Gasteiger partial charge in [0.05, 0.1) is 5.69 Å². The van der Waals surface area contributed by atoms with E-state index >= 15 is 0 Å². The van der Waals surface area contributed by atoms with Gasteiger partial charge in [0, 0.05) is 42.5 Å². The molecule has 0 atom stereocenters. The number of piperidine rings is 2. The number of hydrogen-bond acceptors (Lipinski definition) is 4. The first-order chi connectivity index (χ1) is 15.4. The van der Waals surface area contributed by atoms with Crippen LogP contribution in [0.2, 0.25) is 5.02 Å². The van der Waals surface area contributed by atoms with Gasteiger partial charge in [-0.15, -0.1) is 0 Å². The Kier molecular flexibility index (Phi) is 7.08. The summed E-state index contributed by atoms with van der Waals surface area (Å²) in [6, 6.07) is 10.4. The summed E-state index contributed by atoms with van der Waals surface area (Å²) < 4.78 is 28.8. The van der Waals surface area contributed by atoms with Crippen molar-refractivity contribution in [2.45, 2.75) is 50.3 Å². The lowest BCUT2D eigenvalue weighted by molar-refractivity contribution is 0.102. The minimum absolute atomic E-state index is 0.232. The number of carbonyl (C=O) groups is 1. The van der Waals surface area contributed by atoms with Crippen LogP contribution in [0.15, 0.2) is 41.3 Å². The zero-order valence-corrected chi connectivity index (χ0v) is 20.0. The summed E-state index contributed by atoms with van der Waals surface area (Å²) in [6.45, 7) is 4.61. The van der Waals surface area contributed by atoms with Gasteiger partial charge in [-0.05, 0) is 74.9 Å².